The van der Waals surface area contributed by atoms with Gasteiger partial charge in [0.25, 0.3) is 0 Å². The van der Waals surface area contributed by atoms with Gasteiger partial charge in [-0.3, -0.25) is 4.79 Å². The van der Waals surface area contributed by atoms with Crippen molar-refractivity contribution in [3.05, 3.63) is 42.5 Å². The molecule has 146 valence electrons. The first-order valence-corrected chi connectivity index (χ1v) is 9.67. The van der Waals surface area contributed by atoms with E-state index in [1.165, 1.54) is 0 Å². The maximum atomic E-state index is 12.6. The third-order valence-corrected chi connectivity index (χ3v) is 4.85. The molecule has 2 rings (SSSR count). The number of benzene rings is 1. The molecule has 1 aliphatic heterocycles. The van der Waals surface area contributed by atoms with E-state index in [1.54, 1.807) is 17.1 Å². The minimum absolute atomic E-state index is 0.132. The molecular formula is C22H31N3O2. The molecular weight excluding hydrogens is 338 g/mol. The second-order valence-corrected chi connectivity index (χ2v) is 7.34. The van der Waals surface area contributed by atoms with Crippen LogP contribution in [-0.2, 0) is 4.79 Å². The first-order valence-electron chi connectivity index (χ1n) is 9.67. The Labute approximate surface area is 162 Å². The van der Waals surface area contributed by atoms with E-state index in [1.807, 2.05) is 23.1 Å². The molecule has 5 nitrogen and oxygen atoms in total. The summed E-state index contributed by atoms with van der Waals surface area (Å²) >= 11 is 0. The summed E-state index contributed by atoms with van der Waals surface area (Å²) in [5, 5.41) is 2.95. The molecule has 5 heteroatoms. The van der Waals surface area contributed by atoms with Gasteiger partial charge >= 0.3 is 6.03 Å². The Morgan fingerprint density at radius 1 is 1.07 bits per heavy atom. The molecule has 0 aliphatic carbocycles. The Bertz CT molecular complexity index is 697. The fraction of sp³-hybridized carbons (Fsp3) is 0.455. The van der Waals surface area contributed by atoms with E-state index < -0.39 is 0 Å². The highest BCUT2D eigenvalue weighted by atomic mass is 16.2. The summed E-state index contributed by atoms with van der Waals surface area (Å²) in [6, 6.07) is 5.54. The summed E-state index contributed by atoms with van der Waals surface area (Å²) in [7, 11) is 0. The Hall–Kier alpha value is -2.56. The summed E-state index contributed by atoms with van der Waals surface area (Å²) in [6.07, 6.45) is 5.81. The highest BCUT2D eigenvalue weighted by molar-refractivity contribution is 5.90. The second kappa shape index (κ2) is 9.95. The number of rotatable bonds is 6. The summed E-state index contributed by atoms with van der Waals surface area (Å²) in [5.41, 5.74) is 2.64. The highest BCUT2D eigenvalue weighted by Gasteiger charge is 2.22. The molecule has 27 heavy (non-hydrogen) atoms. The van der Waals surface area contributed by atoms with Crippen LogP contribution in [0.2, 0.25) is 0 Å². The van der Waals surface area contributed by atoms with Gasteiger partial charge in [0.1, 0.15) is 0 Å². The Balaban J connectivity index is 1.93. The van der Waals surface area contributed by atoms with E-state index in [9.17, 15) is 9.59 Å². The number of carbonyl (C=O) groups is 2. The third kappa shape index (κ3) is 5.98. The molecule has 0 saturated carbocycles. The number of anilines is 1. The zero-order valence-corrected chi connectivity index (χ0v) is 16.5. The van der Waals surface area contributed by atoms with Crippen molar-refractivity contribution in [2.45, 2.75) is 33.1 Å². The second-order valence-electron chi connectivity index (χ2n) is 7.34. The smallest absolute Gasteiger partial charge is 0.321 e. The number of hydrogen-bond donors (Lipinski definition) is 1. The van der Waals surface area contributed by atoms with Gasteiger partial charge in [-0.05, 0) is 42.0 Å². The van der Waals surface area contributed by atoms with Crippen molar-refractivity contribution in [2.75, 3.05) is 31.5 Å². The molecule has 0 atom stereocenters. The Morgan fingerprint density at radius 2 is 1.74 bits per heavy atom. The molecule has 1 N–H and O–H groups in total. The first-order chi connectivity index (χ1) is 12.9. The van der Waals surface area contributed by atoms with Crippen molar-refractivity contribution < 1.29 is 9.59 Å². The van der Waals surface area contributed by atoms with Crippen molar-refractivity contribution >= 4 is 29.8 Å². The molecule has 1 aromatic rings. The number of urea groups is 1. The Morgan fingerprint density at radius 3 is 2.41 bits per heavy atom. The average Bonchev–Trinajstić information content (AvgIpc) is 2.92. The summed E-state index contributed by atoms with van der Waals surface area (Å²) < 4.78 is 0. The van der Waals surface area contributed by atoms with Crippen LogP contribution < -0.4 is 5.32 Å². The maximum Gasteiger partial charge on any atom is 0.321 e. The van der Waals surface area contributed by atoms with Crippen molar-refractivity contribution in [3.63, 3.8) is 0 Å². The number of carbonyl (C=O) groups excluding carboxylic acids is 2. The molecule has 0 aromatic heterocycles. The normalized spacial score (nSPS) is 14.6. The van der Waals surface area contributed by atoms with Crippen molar-refractivity contribution in [2.24, 2.45) is 5.92 Å². The quantitative estimate of drug-likeness (QED) is 0.804. The van der Waals surface area contributed by atoms with E-state index in [0.717, 1.165) is 36.2 Å². The lowest BCUT2D eigenvalue weighted by Gasteiger charge is -2.23. The van der Waals surface area contributed by atoms with E-state index in [2.05, 4.69) is 32.3 Å². The molecule has 0 radical (unpaired) electrons. The molecule has 0 unspecified atom stereocenters. The van der Waals surface area contributed by atoms with E-state index in [-0.39, 0.29) is 11.9 Å². The molecule has 1 aliphatic rings. The van der Waals surface area contributed by atoms with Crippen LogP contribution in [0.5, 0.6) is 0 Å². The minimum Gasteiger partial charge on any atom is -0.341 e. The summed E-state index contributed by atoms with van der Waals surface area (Å²) in [4.78, 5) is 28.7. The molecule has 1 aromatic carbocycles. The lowest BCUT2D eigenvalue weighted by atomic mass is 10.1. The predicted molar refractivity (Wildman–Crippen MR) is 112 cm³/mol. The number of hydrogen-bond acceptors (Lipinski definition) is 2. The molecule has 1 heterocycles. The van der Waals surface area contributed by atoms with E-state index in [4.69, 9.17) is 0 Å². The lowest BCUT2D eigenvalue weighted by Crippen LogP contribution is -2.39. The molecule has 0 spiro atoms. The average molecular weight is 370 g/mol. The maximum absolute atomic E-state index is 12.6. The fourth-order valence-corrected chi connectivity index (χ4v) is 3.16. The van der Waals surface area contributed by atoms with Crippen LogP contribution >= 0.6 is 0 Å². The number of nitrogens with one attached hydrogen (secondary N) is 1. The SMILES string of the molecule is C=Cc1ccc(NC(=O)N2CCCN(C(=O)CCC(C)C)CC2)cc1C=C. The van der Waals surface area contributed by atoms with E-state index in [0.29, 0.717) is 32.0 Å². The standard InChI is InChI=1S/C22H31N3O2/c1-5-18-9-10-20(16-19(18)6-2)23-22(27)25-13-7-12-24(14-15-25)21(26)11-8-17(3)4/h5-6,9-10,16-17H,1-2,7-8,11-15H2,3-4H3,(H,23,27). The molecule has 1 saturated heterocycles. The largest absolute Gasteiger partial charge is 0.341 e. The van der Waals surface area contributed by atoms with Crippen molar-refractivity contribution in [3.8, 4) is 0 Å². The molecule has 3 amide bonds. The van der Waals surface area contributed by atoms with E-state index >= 15 is 0 Å². The van der Waals surface area contributed by atoms with Crippen LogP contribution in [0.15, 0.2) is 31.4 Å². The van der Waals surface area contributed by atoms with Gasteiger partial charge in [-0.2, -0.15) is 0 Å². The van der Waals surface area contributed by atoms with Gasteiger partial charge in [-0.1, -0.05) is 45.2 Å². The topological polar surface area (TPSA) is 52.7 Å². The van der Waals surface area contributed by atoms with Gasteiger partial charge in [-0.15, -0.1) is 0 Å². The lowest BCUT2D eigenvalue weighted by molar-refractivity contribution is -0.131. The third-order valence-electron chi connectivity index (χ3n) is 4.85. The van der Waals surface area contributed by atoms with Crippen molar-refractivity contribution in [1.82, 2.24) is 9.80 Å². The van der Waals surface area contributed by atoms with Gasteiger partial charge in [0.15, 0.2) is 0 Å². The zero-order chi connectivity index (χ0) is 19.8. The molecule has 0 bridgehead atoms. The monoisotopic (exact) mass is 369 g/mol. The van der Waals surface area contributed by atoms with Gasteiger partial charge in [0.05, 0.1) is 0 Å². The first kappa shape index (κ1) is 20.7. The summed E-state index contributed by atoms with van der Waals surface area (Å²) in [5.74, 6) is 0.720. The predicted octanol–water partition coefficient (Wildman–Crippen LogP) is 4.48. The van der Waals surface area contributed by atoms with Gasteiger partial charge < -0.3 is 15.1 Å². The van der Waals surface area contributed by atoms with Gasteiger partial charge in [0.2, 0.25) is 5.91 Å². The number of nitrogens with zero attached hydrogens (tertiary/aromatic N) is 2. The molecule has 1 fully saturated rings. The summed E-state index contributed by atoms with van der Waals surface area (Å²) in [6.45, 7) is 14.4. The van der Waals surface area contributed by atoms with Crippen LogP contribution in [0, 0.1) is 5.92 Å². The van der Waals surface area contributed by atoms with Crippen LogP contribution in [-0.4, -0.2) is 47.9 Å². The Kier molecular flexibility index (Phi) is 7.65. The fourth-order valence-electron chi connectivity index (χ4n) is 3.16. The minimum atomic E-state index is -0.132. The van der Waals surface area contributed by atoms with Crippen LogP contribution in [0.4, 0.5) is 10.5 Å². The zero-order valence-electron chi connectivity index (χ0n) is 16.5. The van der Waals surface area contributed by atoms with Crippen LogP contribution in [0.1, 0.15) is 44.2 Å². The van der Waals surface area contributed by atoms with Crippen molar-refractivity contribution in [1.29, 1.82) is 0 Å². The van der Waals surface area contributed by atoms with Gasteiger partial charge in [-0.25, -0.2) is 4.79 Å². The van der Waals surface area contributed by atoms with Crippen LogP contribution in [0.3, 0.4) is 0 Å². The van der Waals surface area contributed by atoms with Gasteiger partial charge in [0, 0.05) is 38.3 Å². The van der Waals surface area contributed by atoms with Crippen LogP contribution in [0.25, 0.3) is 12.2 Å². The highest BCUT2D eigenvalue weighted by Crippen LogP contribution is 2.19. The number of amides is 3.